The summed E-state index contributed by atoms with van der Waals surface area (Å²) in [7, 11) is 0. The lowest BCUT2D eigenvalue weighted by atomic mass is 10.3. The monoisotopic (exact) mass is 247 g/mol. The van der Waals surface area contributed by atoms with E-state index in [0.29, 0.717) is 16.8 Å². The van der Waals surface area contributed by atoms with E-state index in [1.807, 2.05) is 6.92 Å². The minimum absolute atomic E-state index is 0.0537. The first-order valence-electron chi connectivity index (χ1n) is 3.92. The topological polar surface area (TPSA) is 35.2 Å². The molecule has 0 aliphatic carbocycles. The van der Waals surface area contributed by atoms with E-state index < -0.39 is 0 Å². The molecule has 0 amide bonds. The summed E-state index contributed by atoms with van der Waals surface area (Å²) >= 11 is 3.17. The van der Waals surface area contributed by atoms with Gasteiger partial charge in [0.2, 0.25) is 0 Å². The maximum Gasteiger partial charge on any atom is 0.128 e. The van der Waals surface area contributed by atoms with Crippen LogP contribution in [0.25, 0.3) is 0 Å². The Labute approximate surface area is 85.0 Å². The number of benzene rings is 1. The summed E-state index contributed by atoms with van der Waals surface area (Å²) < 4.78 is 18.7. The van der Waals surface area contributed by atoms with Crippen LogP contribution >= 0.6 is 15.9 Å². The fourth-order valence-electron chi connectivity index (χ4n) is 0.840. The van der Waals surface area contributed by atoms with Gasteiger partial charge in [0.05, 0.1) is 0 Å². The van der Waals surface area contributed by atoms with Crippen molar-refractivity contribution in [3.63, 3.8) is 0 Å². The molecule has 0 radical (unpaired) electrons. The van der Waals surface area contributed by atoms with Gasteiger partial charge in [0.15, 0.2) is 0 Å². The molecule has 0 saturated heterocycles. The third kappa shape index (κ3) is 3.74. The van der Waals surface area contributed by atoms with Crippen molar-refractivity contribution in [3.8, 4) is 5.75 Å². The van der Waals surface area contributed by atoms with E-state index in [9.17, 15) is 4.39 Å². The molecule has 2 nitrogen and oxygen atoms in total. The Morgan fingerprint density at radius 1 is 1.54 bits per heavy atom. The lowest BCUT2D eigenvalue weighted by Gasteiger charge is -2.08. The normalized spacial score (nSPS) is 12.6. The predicted molar refractivity (Wildman–Crippen MR) is 53.2 cm³/mol. The van der Waals surface area contributed by atoms with Gasteiger partial charge in [0.1, 0.15) is 18.2 Å². The van der Waals surface area contributed by atoms with Crippen LogP contribution in [0.15, 0.2) is 22.7 Å². The lowest BCUT2D eigenvalue weighted by Crippen LogP contribution is -2.23. The highest BCUT2D eigenvalue weighted by atomic mass is 79.9. The van der Waals surface area contributed by atoms with Gasteiger partial charge in [-0.15, -0.1) is 0 Å². The quantitative estimate of drug-likeness (QED) is 0.890. The SMILES string of the molecule is CC(N)COc1cc(F)cc(Br)c1. The second-order valence-electron chi connectivity index (χ2n) is 2.89. The van der Waals surface area contributed by atoms with E-state index in [-0.39, 0.29) is 11.9 Å². The summed E-state index contributed by atoms with van der Waals surface area (Å²) in [5.41, 5.74) is 5.49. The number of rotatable bonds is 3. The van der Waals surface area contributed by atoms with Crippen molar-refractivity contribution in [2.24, 2.45) is 5.73 Å². The van der Waals surface area contributed by atoms with Gasteiger partial charge in [-0.05, 0) is 19.1 Å². The Bertz CT molecular complexity index is 271. The van der Waals surface area contributed by atoms with Crippen molar-refractivity contribution >= 4 is 15.9 Å². The molecule has 0 heterocycles. The van der Waals surface area contributed by atoms with Crippen LogP contribution in [0.4, 0.5) is 4.39 Å². The zero-order chi connectivity index (χ0) is 9.84. The maximum atomic E-state index is 12.8. The van der Waals surface area contributed by atoms with Crippen LogP contribution in [-0.2, 0) is 0 Å². The van der Waals surface area contributed by atoms with Crippen LogP contribution < -0.4 is 10.5 Å². The van der Waals surface area contributed by atoms with Crippen LogP contribution in [0, 0.1) is 5.82 Å². The first kappa shape index (κ1) is 10.5. The maximum absolute atomic E-state index is 12.8. The molecule has 0 aliphatic heterocycles. The van der Waals surface area contributed by atoms with Crippen LogP contribution in [-0.4, -0.2) is 12.6 Å². The smallest absolute Gasteiger partial charge is 0.128 e. The van der Waals surface area contributed by atoms with Crippen LogP contribution in [0.1, 0.15) is 6.92 Å². The molecule has 13 heavy (non-hydrogen) atoms. The number of ether oxygens (including phenoxy) is 1. The molecule has 1 aromatic rings. The van der Waals surface area contributed by atoms with E-state index >= 15 is 0 Å². The van der Waals surface area contributed by atoms with Gasteiger partial charge in [-0.3, -0.25) is 0 Å². The predicted octanol–water partition coefficient (Wildman–Crippen LogP) is 2.31. The summed E-state index contributed by atoms with van der Waals surface area (Å²) in [4.78, 5) is 0. The van der Waals surface area contributed by atoms with Crippen molar-refractivity contribution in [1.29, 1.82) is 0 Å². The van der Waals surface area contributed by atoms with Gasteiger partial charge in [-0.25, -0.2) is 4.39 Å². The first-order valence-corrected chi connectivity index (χ1v) is 4.71. The van der Waals surface area contributed by atoms with E-state index in [2.05, 4.69) is 15.9 Å². The third-order valence-corrected chi connectivity index (χ3v) is 1.81. The summed E-state index contributed by atoms with van der Waals surface area (Å²) in [6.07, 6.45) is 0. The fraction of sp³-hybridized carbons (Fsp3) is 0.333. The molecular weight excluding hydrogens is 237 g/mol. The van der Waals surface area contributed by atoms with E-state index in [0.717, 1.165) is 0 Å². The molecule has 4 heteroatoms. The molecule has 0 aromatic heterocycles. The van der Waals surface area contributed by atoms with Crippen molar-refractivity contribution in [2.75, 3.05) is 6.61 Å². The molecular formula is C9H11BrFNO. The highest BCUT2D eigenvalue weighted by Gasteiger charge is 2.01. The Morgan fingerprint density at radius 2 is 2.23 bits per heavy atom. The van der Waals surface area contributed by atoms with Crippen LogP contribution in [0.3, 0.4) is 0 Å². The van der Waals surface area contributed by atoms with E-state index in [4.69, 9.17) is 10.5 Å². The molecule has 2 N–H and O–H groups in total. The third-order valence-electron chi connectivity index (χ3n) is 1.35. The van der Waals surface area contributed by atoms with Crippen molar-refractivity contribution in [3.05, 3.63) is 28.5 Å². The molecule has 0 bridgehead atoms. The zero-order valence-electron chi connectivity index (χ0n) is 7.26. The second-order valence-corrected chi connectivity index (χ2v) is 3.81. The van der Waals surface area contributed by atoms with Crippen LogP contribution in [0.5, 0.6) is 5.75 Å². The number of hydrogen-bond donors (Lipinski definition) is 1. The summed E-state index contributed by atoms with van der Waals surface area (Å²) in [6.45, 7) is 2.21. The van der Waals surface area contributed by atoms with Crippen molar-refractivity contribution < 1.29 is 9.13 Å². The Hall–Kier alpha value is -0.610. The lowest BCUT2D eigenvalue weighted by molar-refractivity contribution is 0.294. The minimum Gasteiger partial charge on any atom is -0.492 e. The van der Waals surface area contributed by atoms with Gasteiger partial charge < -0.3 is 10.5 Å². The Kier molecular flexibility index (Phi) is 3.69. The average molecular weight is 248 g/mol. The summed E-state index contributed by atoms with van der Waals surface area (Å²) in [5.74, 6) is 0.165. The summed E-state index contributed by atoms with van der Waals surface area (Å²) in [6, 6.07) is 4.35. The molecule has 72 valence electrons. The molecule has 1 unspecified atom stereocenters. The Balaban J connectivity index is 2.66. The van der Waals surface area contributed by atoms with Gasteiger partial charge in [-0.2, -0.15) is 0 Å². The molecule has 0 spiro atoms. The number of nitrogens with two attached hydrogens (primary N) is 1. The zero-order valence-corrected chi connectivity index (χ0v) is 8.84. The largest absolute Gasteiger partial charge is 0.492 e. The molecule has 1 atom stereocenters. The van der Waals surface area contributed by atoms with Crippen molar-refractivity contribution in [1.82, 2.24) is 0 Å². The highest BCUT2D eigenvalue weighted by Crippen LogP contribution is 2.20. The summed E-state index contributed by atoms with van der Waals surface area (Å²) in [5, 5.41) is 0. The minimum atomic E-state index is -0.325. The highest BCUT2D eigenvalue weighted by molar-refractivity contribution is 9.10. The molecule has 0 fully saturated rings. The molecule has 0 saturated carbocycles. The van der Waals surface area contributed by atoms with Gasteiger partial charge >= 0.3 is 0 Å². The van der Waals surface area contributed by atoms with Gasteiger partial charge in [0.25, 0.3) is 0 Å². The van der Waals surface area contributed by atoms with E-state index in [1.165, 1.54) is 12.1 Å². The Morgan fingerprint density at radius 3 is 2.77 bits per heavy atom. The van der Waals surface area contributed by atoms with Crippen LogP contribution in [0.2, 0.25) is 0 Å². The van der Waals surface area contributed by atoms with Gasteiger partial charge in [-0.1, -0.05) is 15.9 Å². The fourth-order valence-corrected chi connectivity index (χ4v) is 1.28. The number of hydrogen-bond acceptors (Lipinski definition) is 2. The van der Waals surface area contributed by atoms with Gasteiger partial charge in [0, 0.05) is 16.6 Å². The first-order chi connectivity index (χ1) is 6.08. The number of halogens is 2. The molecule has 1 rings (SSSR count). The van der Waals surface area contributed by atoms with Crippen molar-refractivity contribution in [2.45, 2.75) is 13.0 Å². The van der Waals surface area contributed by atoms with E-state index in [1.54, 1.807) is 6.07 Å². The molecule has 1 aromatic carbocycles. The standard InChI is InChI=1S/C9H11BrFNO/c1-6(12)5-13-9-3-7(10)2-8(11)4-9/h2-4,6H,5,12H2,1H3. The average Bonchev–Trinajstić information content (AvgIpc) is 1.99. The molecule has 0 aliphatic rings. The second kappa shape index (κ2) is 4.58.